The fourth-order valence-electron chi connectivity index (χ4n) is 4.95. The van der Waals surface area contributed by atoms with Crippen molar-refractivity contribution in [2.24, 2.45) is 0 Å². The number of nitrogens with one attached hydrogen (secondary N) is 2. The van der Waals surface area contributed by atoms with Gasteiger partial charge in [0.05, 0.1) is 5.69 Å². The second kappa shape index (κ2) is 15.2. The number of benzene rings is 3. The van der Waals surface area contributed by atoms with E-state index in [2.05, 4.69) is 46.7 Å². The van der Waals surface area contributed by atoms with Crippen LogP contribution in [0.15, 0.2) is 78.9 Å². The topological polar surface area (TPSA) is 73.9 Å². The highest BCUT2D eigenvalue weighted by Crippen LogP contribution is 2.28. The van der Waals surface area contributed by atoms with Gasteiger partial charge in [-0.25, -0.2) is 4.79 Å². The van der Waals surface area contributed by atoms with Crippen molar-refractivity contribution in [3.63, 3.8) is 0 Å². The van der Waals surface area contributed by atoms with E-state index in [-0.39, 0.29) is 12.0 Å². The Balaban J connectivity index is 1.14. The van der Waals surface area contributed by atoms with Crippen LogP contribution in [0.4, 0.5) is 10.5 Å². The lowest BCUT2D eigenvalue weighted by atomic mass is 10.0. The SMILES string of the molecule is CCNCc1ccc(CCC(=O)N(C)CCN2CCC(OC(=O)Nc3ccccc3-c3ccccc3)CC2)cc1. The number of carbonyl (C=O) groups excluding carboxylic acids is 2. The summed E-state index contributed by atoms with van der Waals surface area (Å²) in [5.74, 6) is 0.169. The van der Waals surface area contributed by atoms with Crippen LogP contribution in [0, 0.1) is 0 Å². The molecule has 0 radical (unpaired) electrons. The molecule has 3 aromatic carbocycles. The molecule has 1 heterocycles. The highest BCUT2D eigenvalue weighted by molar-refractivity contribution is 5.91. The molecule has 4 rings (SSSR count). The average molecular weight is 543 g/mol. The first kappa shape index (κ1) is 29.3. The first-order chi connectivity index (χ1) is 19.5. The molecule has 1 fully saturated rings. The van der Waals surface area contributed by atoms with Crippen LogP contribution in [0.1, 0.15) is 37.3 Å². The van der Waals surface area contributed by atoms with E-state index in [0.717, 1.165) is 68.8 Å². The minimum absolute atomic E-state index is 0.108. The summed E-state index contributed by atoms with van der Waals surface area (Å²) in [6.45, 7) is 7.14. The van der Waals surface area contributed by atoms with Crippen LogP contribution in [-0.2, 0) is 22.5 Å². The Kier molecular flexibility index (Phi) is 11.1. The summed E-state index contributed by atoms with van der Waals surface area (Å²) < 4.78 is 5.75. The molecule has 2 amide bonds. The van der Waals surface area contributed by atoms with Gasteiger partial charge in [-0.05, 0) is 48.6 Å². The molecule has 1 saturated heterocycles. The minimum Gasteiger partial charge on any atom is -0.446 e. The molecule has 1 aliphatic rings. The van der Waals surface area contributed by atoms with Crippen LogP contribution in [0.25, 0.3) is 11.1 Å². The van der Waals surface area contributed by atoms with Gasteiger partial charge in [-0.2, -0.15) is 0 Å². The van der Waals surface area contributed by atoms with Crippen molar-refractivity contribution in [2.75, 3.05) is 45.1 Å². The number of likely N-dealkylation sites (N-methyl/N-ethyl adjacent to an activating group) is 1. The number of piperidine rings is 1. The number of amides is 2. The maximum Gasteiger partial charge on any atom is 0.411 e. The predicted octanol–water partition coefficient (Wildman–Crippen LogP) is 5.57. The second-order valence-corrected chi connectivity index (χ2v) is 10.4. The second-order valence-electron chi connectivity index (χ2n) is 10.4. The van der Waals surface area contributed by atoms with E-state index in [0.29, 0.717) is 13.0 Å². The monoisotopic (exact) mass is 542 g/mol. The van der Waals surface area contributed by atoms with Crippen LogP contribution in [0.3, 0.4) is 0 Å². The molecule has 0 aromatic heterocycles. The number of hydrogen-bond donors (Lipinski definition) is 2. The zero-order valence-electron chi connectivity index (χ0n) is 23.8. The highest BCUT2D eigenvalue weighted by atomic mass is 16.6. The third kappa shape index (κ3) is 8.93. The molecule has 0 atom stereocenters. The summed E-state index contributed by atoms with van der Waals surface area (Å²) in [5, 5.41) is 6.26. The lowest BCUT2D eigenvalue weighted by Gasteiger charge is -2.32. The quantitative estimate of drug-likeness (QED) is 0.313. The molecule has 0 aliphatic carbocycles. The Morgan fingerprint density at radius 2 is 1.60 bits per heavy atom. The maximum absolute atomic E-state index is 12.7. The van der Waals surface area contributed by atoms with Gasteiger partial charge in [0.2, 0.25) is 5.91 Å². The number of aryl methyl sites for hydroxylation is 1. The smallest absolute Gasteiger partial charge is 0.411 e. The number of likely N-dealkylation sites (tertiary alicyclic amines) is 1. The third-order valence-corrected chi connectivity index (χ3v) is 7.46. The lowest BCUT2D eigenvalue weighted by Crippen LogP contribution is -2.42. The summed E-state index contributed by atoms with van der Waals surface area (Å²) in [5.41, 5.74) is 5.20. The number of anilines is 1. The van der Waals surface area contributed by atoms with Gasteiger partial charge in [0.1, 0.15) is 6.10 Å². The number of hydrogen-bond acceptors (Lipinski definition) is 5. The molecule has 0 spiro atoms. The Morgan fingerprint density at radius 3 is 2.33 bits per heavy atom. The van der Waals surface area contributed by atoms with E-state index in [1.165, 1.54) is 11.1 Å². The van der Waals surface area contributed by atoms with Crippen molar-refractivity contribution in [1.82, 2.24) is 15.1 Å². The van der Waals surface area contributed by atoms with Gasteiger partial charge in [0.15, 0.2) is 0 Å². The van der Waals surface area contributed by atoms with Crippen molar-refractivity contribution < 1.29 is 14.3 Å². The Bertz CT molecular complexity index is 1210. The van der Waals surface area contributed by atoms with Crippen LogP contribution in [-0.4, -0.2) is 67.7 Å². The molecule has 1 aliphatic heterocycles. The van der Waals surface area contributed by atoms with Crippen molar-refractivity contribution in [1.29, 1.82) is 0 Å². The van der Waals surface area contributed by atoms with E-state index in [4.69, 9.17) is 4.74 Å². The molecular formula is C33H42N4O3. The number of nitrogens with zero attached hydrogens (tertiary/aromatic N) is 2. The van der Waals surface area contributed by atoms with Crippen LogP contribution < -0.4 is 10.6 Å². The molecule has 0 saturated carbocycles. The molecule has 0 unspecified atom stereocenters. The average Bonchev–Trinajstić information content (AvgIpc) is 2.99. The summed E-state index contributed by atoms with van der Waals surface area (Å²) >= 11 is 0. The molecule has 2 N–H and O–H groups in total. The zero-order chi connectivity index (χ0) is 28.2. The van der Waals surface area contributed by atoms with Crippen molar-refractivity contribution in [2.45, 2.75) is 45.3 Å². The largest absolute Gasteiger partial charge is 0.446 e. The van der Waals surface area contributed by atoms with Crippen molar-refractivity contribution in [3.8, 4) is 11.1 Å². The van der Waals surface area contributed by atoms with Gasteiger partial charge in [-0.3, -0.25) is 10.1 Å². The molecule has 40 heavy (non-hydrogen) atoms. The molecule has 3 aromatic rings. The summed E-state index contributed by atoms with van der Waals surface area (Å²) in [4.78, 5) is 29.5. The predicted molar refractivity (Wildman–Crippen MR) is 161 cm³/mol. The van der Waals surface area contributed by atoms with E-state index in [9.17, 15) is 9.59 Å². The summed E-state index contributed by atoms with van der Waals surface area (Å²) in [6.07, 6.45) is 2.32. The van der Waals surface area contributed by atoms with Gasteiger partial charge < -0.3 is 19.9 Å². The van der Waals surface area contributed by atoms with Crippen molar-refractivity contribution >= 4 is 17.7 Å². The van der Waals surface area contributed by atoms with Gasteiger partial charge >= 0.3 is 6.09 Å². The van der Waals surface area contributed by atoms with Crippen LogP contribution in [0.5, 0.6) is 0 Å². The van der Waals surface area contributed by atoms with Gasteiger partial charge in [-0.15, -0.1) is 0 Å². The molecular weight excluding hydrogens is 500 g/mol. The van der Waals surface area contributed by atoms with E-state index < -0.39 is 6.09 Å². The standard InChI is InChI=1S/C33H42N4O3/c1-3-34-25-27-15-13-26(14-16-27)17-18-32(38)36(2)23-24-37-21-19-29(20-22-37)40-33(39)35-31-12-8-7-11-30(31)28-9-5-4-6-10-28/h4-16,29,34H,3,17-25H2,1-2H3,(H,35,39). The van der Waals surface area contributed by atoms with Gasteiger partial charge in [0.25, 0.3) is 0 Å². The number of para-hydroxylation sites is 1. The van der Waals surface area contributed by atoms with Crippen LogP contribution in [0.2, 0.25) is 0 Å². The van der Waals surface area contributed by atoms with Gasteiger partial charge in [0, 0.05) is 51.8 Å². The normalized spacial score (nSPS) is 14.1. The van der Waals surface area contributed by atoms with E-state index >= 15 is 0 Å². The third-order valence-electron chi connectivity index (χ3n) is 7.46. The Hall–Kier alpha value is -3.68. The van der Waals surface area contributed by atoms with Crippen molar-refractivity contribution in [3.05, 3.63) is 90.0 Å². The van der Waals surface area contributed by atoms with Crippen LogP contribution >= 0.6 is 0 Å². The number of carbonyl (C=O) groups is 2. The minimum atomic E-state index is -0.417. The molecule has 212 valence electrons. The summed E-state index contributed by atoms with van der Waals surface area (Å²) in [7, 11) is 1.88. The summed E-state index contributed by atoms with van der Waals surface area (Å²) in [6, 6.07) is 26.3. The van der Waals surface area contributed by atoms with E-state index in [1.807, 2.05) is 66.5 Å². The fourth-order valence-corrected chi connectivity index (χ4v) is 4.95. The fraction of sp³-hybridized carbons (Fsp3) is 0.394. The van der Waals surface area contributed by atoms with E-state index in [1.54, 1.807) is 0 Å². The molecule has 7 nitrogen and oxygen atoms in total. The zero-order valence-corrected chi connectivity index (χ0v) is 23.8. The Morgan fingerprint density at radius 1 is 0.925 bits per heavy atom. The number of ether oxygens (including phenoxy) is 1. The first-order valence-corrected chi connectivity index (χ1v) is 14.4. The molecule has 7 heteroatoms. The maximum atomic E-state index is 12.7. The molecule has 0 bridgehead atoms. The Labute approximate surface area is 238 Å². The van der Waals surface area contributed by atoms with Gasteiger partial charge in [-0.1, -0.05) is 79.7 Å². The highest BCUT2D eigenvalue weighted by Gasteiger charge is 2.23. The lowest BCUT2D eigenvalue weighted by molar-refractivity contribution is -0.130. The first-order valence-electron chi connectivity index (χ1n) is 14.4. The number of rotatable bonds is 12.